The number of thiophene rings is 1. The molecule has 3 aromatic rings. The zero-order valence-corrected chi connectivity index (χ0v) is 11.6. The molecule has 2 aromatic carbocycles. The number of fused-ring (bicyclic) bond motifs is 1. The normalized spacial score (nSPS) is 10.8. The Kier molecular flexibility index (Phi) is 3.61. The van der Waals surface area contributed by atoms with E-state index in [-0.39, 0.29) is 18.0 Å². The van der Waals surface area contributed by atoms with E-state index in [4.69, 9.17) is 0 Å². The summed E-state index contributed by atoms with van der Waals surface area (Å²) < 4.78 is 14.7. The molecule has 0 aliphatic carbocycles. The average Bonchev–Trinajstić information content (AvgIpc) is 2.85. The number of rotatable bonds is 4. The maximum Gasteiger partial charge on any atom is 0.141 e. The van der Waals surface area contributed by atoms with Gasteiger partial charge in [0.15, 0.2) is 0 Å². The Bertz CT molecular complexity index is 760. The first-order valence-electron chi connectivity index (χ1n) is 6.44. The topological polar surface area (TPSA) is 17.1 Å². The van der Waals surface area contributed by atoms with Crippen LogP contribution in [0.15, 0.2) is 53.9 Å². The van der Waals surface area contributed by atoms with Crippen molar-refractivity contribution in [2.75, 3.05) is 0 Å². The van der Waals surface area contributed by atoms with Gasteiger partial charge in [-0.25, -0.2) is 4.39 Å². The molecule has 0 atom stereocenters. The minimum Gasteiger partial charge on any atom is -0.299 e. The standard InChI is InChI=1S/C17H13FOS/c18-16-7-3-1-5-12(16)9-14(19)10-13-11-20-17-8-4-2-6-15(13)17/h1-8,11H,9-10H2. The lowest BCUT2D eigenvalue weighted by Gasteiger charge is -2.02. The van der Waals surface area contributed by atoms with Crippen LogP contribution in [0.5, 0.6) is 0 Å². The molecule has 3 rings (SSSR count). The van der Waals surface area contributed by atoms with E-state index in [1.807, 2.05) is 29.6 Å². The Labute approximate surface area is 120 Å². The highest BCUT2D eigenvalue weighted by Crippen LogP contribution is 2.26. The lowest BCUT2D eigenvalue weighted by molar-refractivity contribution is -0.117. The molecule has 0 bridgehead atoms. The van der Waals surface area contributed by atoms with Crippen LogP contribution >= 0.6 is 11.3 Å². The minimum absolute atomic E-state index is 0.0404. The number of hydrogen-bond acceptors (Lipinski definition) is 2. The van der Waals surface area contributed by atoms with Crippen LogP contribution in [0.1, 0.15) is 11.1 Å². The first-order valence-corrected chi connectivity index (χ1v) is 7.32. The van der Waals surface area contributed by atoms with Gasteiger partial charge in [0.1, 0.15) is 11.6 Å². The van der Waals surface area contributed by atoms with E-state index in [0.29, 0.717) is 12.0 Å². The predicted molar refractivity (Wildman–Crippen MR) is 80.6 cm³/mol. The molecular formula is C17H13FOS. The first kappa shape index (κ1) is 13.0. The monoisotopic (exact) mass is 284 g/mol. The second kappa shape index (κ2) is 5.55. The molecule has 0 N–H and O–H groups in total. The molecule has 1 nitrogen and oxygen atoms in total. The van der Waals surface area contributed by atoms with Gasteiger partial charge in [-0.3, -0.25) is 4.79 Å². The van der Waals surface area contributed by atoms with E-state index in [0.717, 1.165) is 10.9 Å². The Morgan fingerprint density at radius 1 is 0.950 bits per heavy atom. The lowest BCUT2D eigenvalue weighted by atomic mass is 10.0. The molecule has 1 aromatic heterocycles. The van der Waals surface area contributed by atoms with E-state index in [2.05, 4.69) is 0 Å². The second-order valence-corrected chi connectivity index (χ2v) is 5.65. The van der Waals surface area contributed by atoms with Gasteiger partial charge in [0.2, 0.25) is 0 Å². The third-order valence-corrected chi connectivity index (χ3v) is 4.31. The van der Waals surface area contributed by atoms with E-state index >= 15 is 0 Å². The van der Waals surface area contributed by atoms with Crippen LogP contribution in [0, 0.1) is 5.82 Å². The zero-order chi connectivity index (χ0) is 13.9. The van der Waals surface area contributed by atoms with Gasteiger partial charge in [0, 0.05) is 17.5 Å². The Morgan fingerprint density at radius 2 is 1.65 bits per heavy atom. The summed E-state index contributed by atoms with van der Waals surface area (Å²) >= 11 is 1.64. The van der Waals surface area contributed by atoms with Crippen molar-refractivity contribution in [1.82, 2.24) is 0 Å². The number of halogens is 1. The number of Topliss-reactive ketones (excluding diaryl/α,β-unsaturated/α-hetero) is 1. The lowest BCUT2D eigenvalue weighted by Crippen LogP contribution is -2.07. The van der Waals surface area contributed by atoms with Crippen molar-refractivity contribution in [3.8, 4) is 0 Å². The van der Waals surface area contributed by atoms with Crippen LogP contribution < -0.4 is 0 Å². The molecular weight excluding hydrogens is 271 g/mol. The Balaban J connectivity index is 1.78. The minimum atomic E-state index is -0.309. The summed E-state index contributed by atoms with van der Waals surface area (Å²) in [5.74, 6) is -0.269. The van der Waals surface area contributed by atoms with Crippen molar-refractivity contribution in [3.63, 3.8) is 0 Å². The van der Waals surface area contributed by atoms with Crippen molar-refractivity contribution in [1.29, 1.82) is 0 Å². The van der Waals surface area contributed by atoms with Crippen LogP contribution in [0.2, 0.25) is 0 Å². The van der Waals surface area contributed by atoms with Gasteiger partial charge in [-0.15, -0.1) is 11.3 Å². The van der Waals surface area contributed by atoms with Crippen LogP contribution in [0.3, 0.4) is 0 Å². The smallest absolute Gasteiger partial charge is 0.141 e. The molecule has 0 aliphatic rings. The van der Waals surface area contributed by atoms with E-state index < -0.39 is 0 Å². The van der Waals surface area contributed by atoms with Gasteiger partial charge < -0.3 is 0 Å². The average molecular weight is 284 g/mol. The molecule has 20 heavy (non-hydrogen) atoms. The van der Waals surface area contributed by atoms with Crippen LogP contribution in [-0.4, -0.2) is 5.78 Å². The molecule has 0 radical (unpaired) electrons. The molecule has 0 amide bonds. The fourth-order valence-corrected chi connectivity index (χ4v) is 3.26. The molecule has 0 fully saturated rings. The predicted octanol–water partition coefficient (Wildman–Crippen LogP) is 4.39. The molecule has 1 heterocycles. The molecule has 0 saturated carbocycles. The number of hydrogen-bond donors (Lipinski definition) is 0. The zero-order valence-electron chi connectivity index (χ0n) is 10.8. The van der Waals surface area contributed by atoms with Gasteiger partial charge in [-0.1, -0.05) is 36.4 Å². The van der Waals surface area contributed by atoms with Gasteiger partial charge >= 0.3 is 0 Å². The van der Waals surface area contributed by atoms with Gasteiger partial charge in [0.05, 0.1) is 0 Å². The molecule has 0 saturated heterocycles. The highest BCUT2D eigenvalue weighted by Gasteiger charge is 2.11. The SMILES string of the molecule is O=C(Cc1ccccc1F)Cc1csc2ccccc12. The van der Waals surface area contributed by atoms with Crippen LogP contribution in [0.4, 0.5) is 4.39 Å². The highest BCUT2D eigenvalue weighted by molar-refractivity contribution is 7.17. The van der Waals surface area contributed by atoms with Gasteiger partial charge in [0.25, 0.3) is 0 Å². The number of benzene rings is 2. The summed E-state index contributed by atoms with van der Waals surface area (Å²) in [6, 6.07) is 14.5. The summed E-state index contributed by atoms with van der Waals surface area (Å²) in [5, 5.41) is 3.14. The Hall–Kier alpha value is -2.00. The maximum atomic E-state index is 13.5. The van der Waals surface area contributed by atoms with Crippen molar-refractivity contribution in [2.24, 2.45) is 0 Å². The highest BCUT2D eigenvalue weighted by atomic mass is 32.1. The fourth-order valence-electron chi connectivity index (χ4n) is 2.30. The van der Waals surface area contributed by atoms with Crippen LogP contribution in [-0.2, 0) is 17.6 Å². The van der Waals surface area contributed by atoms with Crippen molar-refractivity contribution in [2.45, 2.75) is 12.8 Å². The maximum absolute atomic E-state index is 13.5. The number of ketones is 1. The van der Waals surface area contributed by atoms with E-state index in [1.54, 1.807) is 29.5 Å². The molecule has 0 spiro atoms. The summed E-state index contributed by atoms with van der Waals surface area (Å²) in [6.45, 7) is 0. The molecule has 100 valence electrons. The Morgan fingerprint density at radius 3 is 2.50 bits per heavy atom. The quantitative estimate of drug-likeness (QED) is 0.694. The largest absolute Gasteiger partial charge is 0.299 e. The summed E-state index contributed by atoms with van der Waals surface area (Å²) in [6.07, 6.45) is 0.509. The van der Waals surface area contributed by atoms with Crippen molar-refractivity contribution < 1.29 is 9.18 Å². The molecule has 0 unspecified atom stereocenters. The number of carbonyl (C=O) groups is 1. The molecule has 0 aliphatic heterocycles. The third kappa shape index (κ3) is 2.63. The number of carbonyl (C=O) groups excluding carboxylic acids is 1. The summed E-state index contributed by atoms with van der Waals surface area (Å²) in [7, 11) is 0. The summed E-state index contributed by atoms with van der Waals surface area (Å²) in [5.41, 5.74) is 1.50. The van der Waals surface area contributed by atoms with E-state index in [1.165, 1.54) is 10.8 Å². The van der Waals surface area contributed by atoms with Crippen molar-refractivity contribution >= 4 is 27.2 Å². The van der Waals surface area contributed by atoms with Gasteiger partial charge in [-0.05, 0) is 34.0 Å². The second-order valence-electron chi connectivity index (χ2n) is 4.74. The van der Waals surface area contributed by atoms with Crippen LogP contribution in [0.25, 0.3) is 10.1 Å². The third-order valence-electron chi connectivity index (χ3n) is 3.29. The summed E-state index contributed by atoms with van der Waals surface area (Å²) in [4.78, 5) is 12.1. The first-order chi connectivity index (χ1) is 9.74. The van der Waals surface area contributed by atoms with E-state index in [9.17, 15) is 9.18 Å². The van der Waals surface area contributed by atoms with Gasteiger partial charge in [-0.2, -0.15) is 0 Å². The fraction of sp³-hybridized carbons (Fsp3) is 0.118. The van der Waals surface area contributed by atoms with Crippen molar-refractivity contribution in [3.05, 3.63) is 70.9 Å². The molecule has 3 heteroatoms.